The molecule has 6 heteroatoms. The molecule has 1 unspecified atom stereocenters. The summed E-state index contributed by atoms with van der Waals surface area (Å²) in [5, 5.41) is 0. The van der Waals surface area contributed by atoms with Gasteiger partial charge < -0.3 is 9.47 Å². The number of hydrogen-bond acceptors (Lipinski definition) is 3. The van der Waals surface area contributed by atoms with Gasteiger partial charge in [-0.25, -0.2) is 4.79 Å². The predicted octanol–water partition coefficient (Wildman–Crippen LogP) is 2.94. The van der Waals surface area contributed by atoms with E-state index < -0.39 is 18.2 Å². The highest BCUT2D eigenvalue weighted by molar-refractivity contribution is 5.89. The Hall–Kier alpha value is -1.56. The van der Waals surface area contributed by atoms with Gasteiger partial charge in [-0.2, -0.15) is 13.2 Å². The average Bonchev–Trinajstić information content (AvgIpc) is 2.34. The molecule has 0 N–H and O–H groups in total. The lowest BCUT2D eigenvalue weighted by Crippen LogP contribution is -2.28. The van der Waals surface area contributed by atoms with Crippen molar-refractivity contribution in [1.29, 1.82) is 0 Å². The fourth-order valence-electron chi connectivity index (χ4n) is 1.17. The maximum atomic E-state index is 12.2. The van der Waals surface area contributed by atoms with Crippen molar-refractivity contribution < 1.29 is 27.4 Å². The lowest BCUT2D eigenvalue weighted by atomic mass is 10.1. The van der Waals surface area contributed by atoms with Crippen LogP contribution in [0.25, 0.3) is 0 Å². The molecule has 0 fully saturated rings. The molecule has 0 amide bonds. The first-order valence-corrected chi connectivity index (χ1v) is 5.20. The summed E-state index contributed by atoms with van der Waals surface area (Å²) in [5.74, 6) is -0.494. The maximum Gasteiger partial charge on any atom is 0.414 e. The first kappa shape index (κ1) is 14.5. The second kappa shape index (κ2) is 5.86. The third-order valence-corrected chi connectivity index (χ3v) is 2.34. The van der Waals surface area contributed by atoms with Crippen LogP contribution in [-0.4, -0.2) is 25.4 Å². The van der Waals surface area contributed by atoms with Crippen molar-refractivity contribution in [3.8, 4) is 0 Å². The van der Waals surface area contributed by atoms with Gasteiger partial charge in [-0.05, 0) is 24.6 Å². The van der Waals surface area contributed by atoms with Crippen LogP contribution in [0.3, 0.4) is 0 Å². The van der Waals surface area contributed by atoms with E-state index in [4.69, 9.17) is 0 Å². The summed E-state index contributed by atoms with van der Waals surface area (Å²) in [6.07, 6.45) is -6.19. The minimum absolute atomic E-state index is 0.165. The highest BCUT2D eigenvalue weighted by Gasteiger charge is 2.36. The smallest absolute Gasteiger partial charge is 0.414 e. The number of benzene rings is 1. The van der Waals surface area contributed by atoms with E-state index >= 15 is 0 Å². The van der Waals surface area contributed by atoms with Gasteiger partial charge in [0.2, 0.25) is 0 Å². The lowest BCUT2D eigenvalue weighted by Gasteiger charge is -2.16. The molecule has 1 atom stereocenters. The first-order chi connectivity index (χ1) is 8.34. The third kappa shape index (κ3) is 4.03. The van der Waals surface area contributed by atoms with E-state index in [2.05, 4.69) is 9.47 Å². The van der Waals surface area contributed by atoms with Gasteiger partial charge in [-0.15, -0.1) is 0 Å². The first-order valence-electron chi connectivity index (χ1n) is 5.20. The van der Waals surface area contributed by atoms with Crippen LogP contribution in [0.5, 0.6) is 0 Å². The molecule has 0 spiro atoms. The van der Waals surface area contributed by atoms with Crippen LogP contribution in [0, 0.1) is 0 Å². The molecular weight excluding hydrogens is 249 g/mol. The van der Waals surface area contributed by atoms with Crippen molar-refractivity contribution in [1.82, 2.24) is 0 Å². The standard InChI is InChI=1S/C12H13F3O3/c1-8(12(13,14)15)18-7-9-3-5-10(6-4-9)11(16)17-2/h3-6,8H,7H2,1-2H3. The molecule has 0 aromatic heterocycles. The minimum Gasteiger partial charge on any atom is -0.465 e. The Morgan fingerprint density at radius 2 is 1.83 bits per heavy atom. The van der Waals surface area contributed by atoms with E-state index in [9.17, 15) is 18.0 Å². The van der Waals surface area contributed by atoms with Crippen LogP contribution in [0.2, 0.25) is 0 Å². The lowest BCUT2D eigenvalue weighted by molar-refractivity contribution is -0.217. The van der Waals surface area contributed by atoms with Crippen molar-refractivity contribution in [2.24, 2.45) is 0 Å². The Morgan fingerprint density at radius 1 is 1.28 bits per heavy atom. The molecule has 1 aromatic rings. The molecule has 100 valence electrons. The molecule has 0 aliphatic rings. The van der Waals surface area contributed by atoms with E-state index in [1.165, 1.54) is 31.4 Å². The molecule has 0 saturated carbocycles. The van der Waals surface area contributed by atoms with Crippen LogP contribution in [0.1, 0.15) is 22.8 Å². The highest BCUT2D eigenvalue weighted by atomic mass is 19.4. The number of ether oxygens (including phenoxy) is 2. The fraction of sp³-hybridized carbons (Fsp3) is 0.417. The van der Waals surface area contributed by atoms with Crippen LogP contribution in [0.15, 0.2) is 24.3 Å². The van der Waals surface area contributed by atoms with Crippen molar-refractivity contribution in [2.45, 2.75) is 25.8 Å². The minimum atomic E-state index is -4.37. The van der Waals surface area contributed by atoms with Gasteiger partial charge in [0.15, 0.2) is 6.10 Å². The molecule has 0 saturated heterocycles. The van der Waals surface area contributed by atoms with Crippen molar-refractivity contribution >= 4 is 5.97 Å². The second-order valence-electron chi connectivity index (χ2n) is 3.68. The number of carbonyl (C=O) groups excluding carboxylic acids is 1. The molecule has 0 heterocycles. The summed E-state index contributed by atoms with van der Waals surface area (Å²) in [4.78, 5) is 11.1. The monoisotopic (exact) mass is 262 g/mol. The van der Waals surface area contributed by atoms with Gasteiger partial charge in [0.1, 0.15) is 0 Å². The fourth-order valence-corrected chi connectivity index (χ4v) is 1.17. The molecule has 18 heavy (non-hydrogen) atoms. The normalized spacial score (nSPS) is 13.2. The third-order valence-electron chi connectivity index (χ3n) is 2.34. The van der Waals surface area contributed by atoms with E-state index in [-0.39, 0.29) is 6.61 Å². The van der Waals surface area contributed by atoms with E-state index in [0.717, 1.165) is 6.92 Å². The van der Waals surface area contributed by atoms with Crippen molar-refractivity contribution in [2.75, 3.05) is 7.11 Å². The van der Waals surface area contributed by atoms with Gasteiger partial charge in [-0.1, -0.05) is 12.1 Å². The summed E-state index contributed by atoms with van der Waals surface area (Å²) in [6, 6.07) is 6.00. The Kier molecular flexibility index (Phi) is 4.72. The van der Waals surface area contributed by atoms with Crippen LogP contribution in [0.4, 0.5) is 13.2 Å². The zero-order chi connectivity index (χ0) is 13.8. The summed E-state index contributed by atoms with van der Waals surface area (Å²) < 4.78 is 45.7. The van der Waals surface area contributed by atoms with Gasteiger partial charge >= 0.3 is 12.1 Å². The molecule has 3 nitrogen and oxygen atoms in total. The molecule has 0 radical (unpaired) electrons. The zero-order valence-corrected chi connectivity index (χ0v) is 9.95. The van der Waals surface area contributed by atoms with Gasteiger partial charge in [0.05, 0.1) is 19.3 Å². The molecule has 0 aliphatic heterocycles. The average molecular weight is 262 g/mol. The van der Waals surface area contributed by atoms with Gasteiger partial charge in [0.25, 0.3) is 0 Å². The largest absolute Gasteiger partial charge is 0.465 e. The Labute approximate surface area is 103 Å². The van der Waals surface area contributed by atoms with E-state index in [1.807, 2.05) is 0 Å². The van der Waals surface area contributed by atoms with E-state index in [1.54, 1.807) is 0 Å². The Balaban J connectivity index is 2.57. The number of rotatable bonds is 4. The summed E-state index contributed by atoms with van der Waals surface area (Å²) in [6.45, 7) is 0.783. The number of hydrogen-bond donors (Lipinski definition) is 0. The van der Waals surface area contributed by atoms with Gasteiger partial charge in [-0.3, -0.25) is 0 Å². The SMILES string of the molecule is COC(=O)c1ccc(COC(C)C(F)(F)F)cc1. The number of carbonyl (C=O) groups is 1. The number of alkyl halides is 3. The molecule has 1 aromatic carbocycles. The van der Waals surface area contributed by atoms with Crippen LogP contribution in [-0.2, 0) is 16.1 Å². The summed E-state index contributed by atoms with van der Waals surface area (Å²) >= 11 is 0. The van der Waals surface area contributed by atoms with E-state index in [0.29, 0.717) is 11.1 Å². The molecule has 1 rings (SSSR count). The topological polar surface area (TPSA) is 35.5 Å². The Bertz CT molecular complexity index is 398. The predicted molar refractivity (Wildman–Crippen MR) is 58.1 cm³/mol. The number of methoxy groups -OCH3 is 1. The van der Waals surface area contributed by atoms with Crippen LogP contribution >= 0.6 is 0 Å². The summed E-state index contributed by atoms with van der Waals surface area (Å²) in [7, 11) is 1.25. The highest BCUT2D eigenvalue weighted by Crippen LogP contribution is 2.23. The summed E-state index contributed by atoms with van der Waals surface area (Å²) in [5.41, 5.74) is 0.892. The zero-order valence-electron chi connectivity index (χ0n) is 9.95. The molecule has 0 aliphatic carbocycles. The Morgan fingerprint density at radius 3 is 2.28 bits per heavy atom. The van der Waals surface area contributed by atoms with Crippen molar-refractivity contribution in [3.05, 3.63) is 35.4 Å². The molecule has 0 bridgehead atoms. The number of esters is 1. The molecular formula is C12H13F3O3. The van der Waals surface area contributed by atoms with Crippen LogP contribution < -0.4 is 0 Å². The number of halogens is 3. The maximum absolute atomic E-state index is 12.2. The van der Waals surface area contributed by atoms with Gasteiger partial charge in [0, 0.05) is 0 Å². The van der Waals surface area contributed by atoms with Crippen molar-refractivity contribution in [3.63, 3.8) is 0 Å². The second-order valence-corrected chi connectivity index (χ2v) is 3.68. The quantitative estimate of drug-likeness (QED) is 0.782.